The summed E-state index contributed by atoms with van der Waals surface area (Å²) in [6.07, 6.45) is 0. The monoisotopic (exact) mass is 389 g/mol. The second kappa shape index (κ2) is 6.41. The van der Waals surface area contributed by atoms with Crippen LogP contribution < -0.4 is 16.2 Å². The topological polar surface area (TPSA) is 42.6 Å². The average molecular weight is 390 g/mol. The first-order chi connectivity index (χ1) is 13.2. The molecule has 0 radical (unpaired) electrons. The maximum atomic E-state index is 12.9. The molecule has 1 aliphatic rings. The average Bonchev–Trinajstić information content (AvgIpc) is 2.86. The molecule has 0 aliphatic carbocycles. The molecule has 2 heterocycles. The Morgan fingerprint density at radius 2 is 1.63 bits per heavy atom. The molecule has 0 saturated carbocycles. The molecule has 0 amide bonds. The van der Waals surface area contributed by atoms with Crippen molar-refractivity contribution in [3.8, 4) is 0 Å². The minimum Gasteiger partial charge on any atom is -0.422 e. The van der Waals surface area contributed by atoms with Crippen LogP contribution in [0.1, 0.15) is 5.56 Å². The van der Waals surface area contributed by atoms with Gasteiger partial charge in [0.2, 0.25) is 0 Å². The van der Waals surface area contributed by atoms with Crippen LogP contribution in [0.25, 0.3) is 15.9 Å². The second-order valence-electron chi connectivity index (χ2n) is 6.13. The van der Waals surface area contributed by atoms with Gasteiger partial charge in [-0.25, -0.2) is 9.79 Å². The van der Waals surface area contributed by atoms with Gasteiger partial charge < -0.3 is 4.42 Å². The van der Waals surface area contributed by atoms with Crippen molar-refractivity contribution in [3.63, 3.8) is 0 Å². The summed E-state index contributed by atoms with van der Waals surface area (Å²) in [6.45, 7) is 0. The number of hydrogen-bond acceptors (Lipinski definition) is 4. The van der Waals surface area contributed by atoms with Crippen LogP contribution in [0.5, 0.6) is 0 Å². The third kappa shape index (κ3) is 2.78. The van der Waals surface area contributed by atoms with E-state index in [0.717, 1.165) is 26.4 Å². The highest BCUT2D eigenvalue weighted by atomic mass is 35.5. The van der Waals surface area contributed by atoms with Gasteiger partial charge in [-0.15, -0.1) is 0 Å². The number of halogens is 1. The summed E-state index contributed by atoms with van der Waals surface area (Å²) in [5.41, 5.74) is 1.88. The molecule has 3 nitrogen and oxygen atoms in total. The van der Waals surface area contributed by atoms with Gasteiger partial charge in [-0.05, 0) is 42.0 Å². The predicted octanol–water partition coefficient (Wildman–Crippen LogP) is 4.66. The van der Waals surface area contributed by atoms with Gasteiger partial charge in [0.05, 0.1) is 11.0 Å². The molecular formula is C22H12ClNO2S. The molecule has 5 rings (SSSR count). The van der Waals surface area contributed by atoms with E-state index in [2.05, 4.69) is 0 Å². The summed E-state index contributed by atoms with van der Waals surface area (Å²) in [5.74, 6) is 0. The normalized spacial score (nSPS) is 12.9. The van der Waals surface area contributed by atoms with Crippen LogP contribution in [0.4, 0.5) is 5.69 Å². The van der Waals surface area contributed by atoms with Gasteiger partial charge in [-0.2, -0.15) is 0 Å². The minimum atomic E-state index is -0.391. The molecule has 4 aromatic rings. The smallest absolute Gasteiger partial charge is 0.346 e. The Kier molecular flexibility index (Phi) is 3.88. The van der Waals surface area contributed by atoms with Crippen molar-refractivity contribution in [3.05, 3.63) is 104 Å². The molecular weight excluding hydrogens is 378 g/mol. The zero-order valence-electron chi connectivity index (χ0n) is 14.0. The second-order valence-corrected chi connectivity index (χ2v) is 7.62. The standard InChI is InChI=1S/C22H12ClNO2S/c23-14-11-9-13(10-12-14)21-19-20(24-16-6-2-4-8-18(16)27-21)15-5-1-3-7-17(15)26-22(19)25/h1-12H. The van der Waals surface area contributed by atoms with E-state index in [-0.39, 0.29) is 0 Å². The highest BCUT2D eigenvalue weighted by molar-refractivity contribution is 8.08. The van der Waals surface area contributed by atoms with E-state index in [1.165, 1.54) is 11.8 Å². The molecule has 0 bridgehead atoms. The Hall–Kier alpha value is -2.82. The number of nitrogens with zero attached hydrogens (tertiary/aromatic N) is 1. The first-order valence-electron chi connectivity index (χ1n) is 8.38. The highest BCUT2D eigenvalue weighted by Gasteiger charge is 2.18. The number of para-hydroxylation sites is 2. The first kappa shape index (κ1) is 16.4. The van der Waals surface area contributed by atoms with E-state index in [1.807, 2.05) is 66.7 Å². The molecule has 0 N–H and O–H groups in total. The maximum absolute atomic E-state index is 12.9. The van der Waals surface area contributed by atoms with Gasteiger partial charge in [0.25, 0.3) is 0 Å². The maximum Gasteiger partial charge on any atom is 0.346 e. The van der Waals surface area contributed by atoms with Gasteiger partial charge in [0.1, 0.15) is 10.8 Å². The lowest BCUT2D eigenvalue weighted by molar-refractivity contribution is 0.552. The van der Waals surface area contributed by atoms with Crippen LogP contribution in [0.3, 0.4) is 0 Å². The van der Waals surface area contributed by atoms with Crippen molar-refractivity contribution >= 4 is 44.9 Å². The van der Waals surface area contributed by atoms with Gasteiger partial charge in [-0.1, -0.05) is 59.8 Å². The fourth-order valence-electron chi connectivity index (χ4n) is 3.17. The van der Waals surface area contributed by atoms with Crippen LogP contribution in [0.2, 0.25) is 5.02 Å². The summed E-state index contributed by atoms with van der Waals surface area (Å²) in [4.78, 5) is 19.6. The lowest BCUT2D eigenvalue weighted by Crippen LogP contribution is -2.40. The molecule has 0 saturated heterocycles. The zero-order valence-corrected chi connectivity index (χ0v) is 15.6. The summed E-state index contributed by atoms with van der Waals surface area (Å²) >= 11 is 7.58. The fourth-order valence-corrected chi connectivity index (χ4v) is 4.42. The Morgan fingerprint density at radius 3 is 2.48 bits per heavy atom. The molecule has 130 valence electrons. The SMILES string of the molecule is O=c1oc2ccccc2c2c1=C(c1ccc(Cl)cc1)Sc1ccccc1N=2. The van der Waals surface area contributed by atoms with Crippen molar-refractivity contribution in [2.24, 2.45) is 4.99 Å². The third-order valence-corrected chi connectivity index (χ3v) is 5.89. The predicted molar refractivity (Wildman–Crippen MR) is 109 cm³/mol. The summed E-state index contributed by atoms with van der Waals surface area (Å²) in [7, 11) is 0. The zero-order chi connectivity index (χ0) is 18.4. The quantitative estimate of drug-likeness (QED) is 0.445. The first-order valence-corrected chi connectivity index (χ1v) is 9.58. The molecule has 5 heteroatoms. The van der Waals surface area contributed by atoms with E-state index in [9.17, 15) is 4.79 Å². The fraction of sp³-hybridized carbons (Fsp3) is 0. The number of benzene rings is 3. The molecule has 1 aromatic heterocycles. The van der Waals surface area contributed by atoms with Crippen LogP contribution >= 0.6 is 23.4 Å². The molecule has 1 aliphatic heterocycles. The molecule has 0 unspecified atom stereocenters. The largest absolute Gasteiger partial charge is 0.422 e. The minimum absolute atomic E-state index is 0.391. The van der Waals surface area contributed by atoms with E-state index < -0.39 is 5.63 Å². The van der Waals surface area contributed by atoms with Gasteiger partial charge in [0.15, 0.2) is 0 Å². The molecule has 0 atom stereocenters. The Balaban J connectivity index is 2.01. The van der Waals surface area contributed by atoms with E-state index in [1.54, 1.807) is 6.07 Å². The highest BCUT2D eigenvalue weighted by Crippen LogP contribution is 2.38. The summed E-state index contributed by atoms with van der Waals surface area (Å²) < 4.78 is 5.61. The Labute approximate surface area is 163 Å². The summed E-state index contributed by atoms with van der Waals surface area (Å²) in [5, 5.41) is 2.59. The van der Waals surface area contributed by atoms with Gasteiger partial charge in [-0.3, -0.25) is 0 Å². The third-order valence-electron chi connectivity index (χ3n) is 4.43. The van der Waals surface area contributed by atoms with Crippen LogP contribution in [-0.2, 0) is 0 Å². The van der Waals surface area contributed by atoms with E-state index in [4.69, 9.17) is 21.0 Å². The number of rotatable bonds is 1. The van der Waals surface area contributed by atoms with Crippen LogP contribution in [0.15, 0.2) is 91.9 Å². The van der Waals surface area contributed by atoms with Crippen molar-refractivity contribution in [2.45, 2.75) is 4.90 Å². The Morgan fingerprint density at radius 1 is 0.889 bits per heavy atom. The molecule has 0 spiro atoms. The lowest BCUT2D eigenvalue weighted by atomic mass is 10.1. The van der Waals surface area contributed by atoms with Crippen LogP contribution in [-0.4, -0.2) is 0 Å². The number of thioether (sulfide) groups is 1. The van der Waals surface area contributed by atoms with E-state index >= 15 is 0 Å². The van der Waals surface area contributed by atoms with Crippen molar-refractivity contribution in [1.82, 2.24) is 0 Å². The van der Waals surface area contributed by atoms with Crippen molar-refractivity contribution in [1.29, 1.82) is 0 Å². The molecule has 3 aromatic carbocycles. The molecule has 0 fully saturated rings. The number of hydrogen-bond donors (Lipinski definition) is 0. The summed E-state index contributed by atoms with van der Waals surface area (Å²) in [6, 6.07) is 22.8. The van der Waals surface area contributed by atoms with Crippen LogP contribution in [0, 0.1) is 0 Å². The van der Waals surface area contributed by atoms with Crippen molar-refractivity contribution < 1.29 is 4.42 Å². The Bertz CT molecular complexity index is 1370. The lowest BCUT2D eigenvalue weighted by Gasteiger charge is -2.07. The van der Waals surface area contributed by atoms with E-state index in [0.29, 0.717) is 21.2 Å². The van der Waals surface area contributed by atoms with Gasteiger partial charge in [0, 0.05) is 20.2 Å². The number of fused-ring (bicyclic) bond motifs is 4. The van der Waals surface area contributed by atoms with Gasteiger partial charge >= 0.3 is 5.63 Å². The molecule has 27 heavy (non-hydrogen) atoms. The van der Waals surface area contributed by atoms with Crippen molar-refractivity contribution in [2.75, 3.05) is 0 Å².